The van der Waals surface area contributed by atoms with E-state index in [9.17, 15) is 0 Å². The van der Waals surface area contributed by atoms with Crippen LogP contribution in [0.1, 0.15) is 0 Å². The maximum Gasteiger partial charge on any atom is 5.00 e. The zero-order chi connectivity index (χ0) is 0. The molecule has 0 saturated heterocycles. The molecule has 0 rings (SSSR count). The van der Waals surface area contributed by atoms with E-state index in [1.165, 1.54) is 0 Å². The molecule has 0 bridgehead atoms. The van der Waals surface area contributed by atoms with Crippen LogP contribution in [0.4, 0.5) is 0 Å². The second-order valence-corrected chi connectivity index (χ2v) is 0. The Balaban J connectivity index is 0. The van der Waals surface area contributed by atoms with Crippen molar-refractivity contribution in [2.75, 3.05) is 0 Å². The first kappa shape index (κ1) is 358. The summed E-state index contributed by atoms with van der Waals surface area (Å²) in [5.74, 6) is 0. The van der Waals surface area contributed by atoms with Crippen LogP contribution < -0.4 is 0 Å². The summed E-state index contributed by atoms with van der Waals surface area (Å²) in [6, 6.07) is 0. The van der Waals surface area contributed by atoms with Crippen molar-refractivity contribution in [3.63, 3.8) is 0 Å². The predicted octanol–water partition coefficient (Wildman–Crippen LogP) is -1.36. The summed E-state index contributed by atoms with van der Waals surface area (Å²) < 4.78 is 0. The number of rotatable bonds is 0. The third-order valence-corrected chi connectivity index (χ3v) is 0. The Labute approximate surface area is 67.0 Å². The van der Waals surface area contributed by atoms with E-state index in [4.69, 9.17) is 0 Å². The minimum absolute atomic E-state index is 0. The first-order valence-electron chi connectivity index (χ1n) is 0. The molecule has 0 saturated carbocycles. The molecular formula is H3FeO5Ta. The van der Waals surface area contributed by atoms with Gasteiger partial charge in [-0.3, -0.25) is 0 Å². The Morgan fingerprint density at radius 2 is 0.714 bits per heavy atom. The fourth-order valence-corrected chi connectivity index (χ4v) is 0. The van der Waals surface area contributed by atoms with Gasteiger partial charge in [-0.1, -0.05) is 0 Å². The van der Waals surface area contributed by atoms with E-state index in [2.05, 4.69) is 0 Å². The largest absolute Gasteiger partial charge is 5.00 e. The summed E-state index contributed by atoms with van der Waals surface area (Å²) in [4.78, 5) is 0. The molecule has 0 aliphatic heterocycles. The second-order valence-electron chi connectivity index (χ2n) is 0. The van der Waals surface area contributed by atoms with Gasteiger partial charge >= 0.3 is 39.4 Å². The molecule has 0 aromatic heterocycles. The summed E-state index contributed by atoms with van der Waals surface area (Å²) in [5, 5.41) is 0. The molecule has 0 aromatic carbocycles. The van der Waals surface area contributed by atoms with E-state index >= 15 is 0 Å². The molecule has 0 radical (unpaired) electrons. The van der Waals surface area contributed by atoms with Crippen molar-refractivity contribution < 1.29 is 66.8 Å². The fraction of sp³-hybridized carbons (Fsp3) is 0. The van der Waals surface area contributed by atoms with Gasteiger partial charge in [0.1, 0.15) is 0 Å². The second kappa shape index (κ2) is 231. The van der Waals surface area contributed by atoms with Crippen molar-refractivity contribution in [2.45, 2.75) is 0 Å². The minimum atomic E-state index is 0. The average molecular weight is 320 g/mol. The smallest absolute Gasteiger partial charge is 2.00 e. The molecule has 0 unspecified atom stereocenters. The average Bonchev–Trinajstić information content (AvgIpc) is 0. The van der Waals surface area contributed by atoms with Gasteiger partial charge in [-0.15, -0.1) is 0 Å². The van der Waals surface area contributed by atoms with Gasteiger partial charge in [0, 0.05) is 0 Å². The van der Waals surface area contributed by atoms with E-state index in [1.54, 1.807) is 0 Å². The van der Waals surface area contributed by atoms with Crippen LogP contribution in [0.5, 0.6) is 0 Å². The number of hydrogen-bond donors (Lipinski definition) is 0. The van der Waals surface area contributed by atoms with Gasteiger partial charge in [0.2, 0.25) is 0 Å². The van der Waals surface area contributed by atoms with Crippen LogP contribution in [0.3, 0.4) is 0 Å². The van der Waals surface area contributed by atoms with E-state index in [-0.39, 0.29) is 66.8 Å². The van der Waals surface area contributed by atoms with Crippen molar-refractivity contribution in [2.24, 2.45) is 0 Å². The maximum absolute atomic E-state index is 0. The Morgan fingerprint density at radius 3 is 0.714 bits per heavy atom. The van der Waals surface area contributed by atoms with Crippen molar-refractivity contribution >= 4 is 0 Å². The molecule has 5 nitrogen and oxygen atoms in total. The van der Waals surface area contributed by atoms with E-state index in [0.29, 0.717) is 0 Å². The molecule has 0 spiro atoms. The first-order chi connectivity index (χ1) is 0. The standard InChI is InChI=1S/Fe.2H2O.3O.Ta/h;2*1H2;;;;/q+2;;;3*-2;+5/p-1. The molecule has 7 heteroatoms. The molecule has 0 fully saturated rings. The maximum atomic E-state index is 0. The zero-order valence-corrected chi connectivity index (χ0v) is 7.29. The summed E-state index contributed by atoms with van der Waals surface area (Å²) >= 11 is 0. The molecule has 7 heavy (non-hydrogen) atoms. The van der Waals surface area contributed by atoms with Gasteiger partial charge in [-0.25, -0.2) is 0 Å². The summed E-state index contributed by atoms with van der Waals surface area (Å²) in [5.41, 5.74) is 0. The van der Waals surface area contributed by atoms with Crippen LogP contribution in [-0.2, 0) is 55.9 Å². The van der Waals surface area contributed by atoms with Crippen LogP contribution in [0, 0.1) is 0 Å². The van der Waals surface area contributed by atoms with Crippen molar-refractivity contribution in [1.82, 2.24) is 0 Å². The van der Waals surface area contributed by atoms with E-state index in [0.717, 1.165) is 0 Å². The molecule has 0 aromatic rings. The molecule has 3 N–H and O–H groups in total. The Morgan fingerprint density at radius 1 is 0.714 bits per heavy atom. The summed E-state index contributed by atoms with van der Waals surface area (Å²) in [6.45, 7) is 0. The molecule has 0 heterocycles. The van der Waals surface area contributed by atoms with Gasteiger partial charge in [0.15, 0.2) is 0 Å². The van der Waals surface area contributed by atoms with Gasteiger partial charge in [-0.05, 0) is 0 Å². The van der Waals surface area contributed by atoms with Crippen molar-refractivity contribution in [3.05, 3.63) is 0 Å². The van der Waals surface area contributed by atoms with Crippen LogP contribution in [0.25, 0.3) is 0 Å². The van der Waals surface area contributed by atoms with Gasteiger partial charge < -0.3 is 27.4 Å². The molecular weight excluding hydrogens is 317 g/mol. The van der Waals surface area contributed by atoms with Crippen LogP contribution in [0.15, 0.2) is 0 Å². The summed E-state index contributed by atoms with van der Waals surface area (Å²) in [6.07, 6.45) is 0. The Bertz CT molecular complexity index is 8.04. The first-order valence-corrected chi connectivity index (χ1v) is 0. The minimum Gasteiger partial charge on any atom is -2.00 e. The summed E-state index contributed by atoms with van der Waals surface area (Å²) in [7, 11) is 0. The van der Waals surface area contributed by atoms with Gasteiger partial charge in [0.05, 0.1) is 0 Å². The molecule has 0 aliphatic rings. The van der Waals surface area contributed by atoms with Crippen LogP contribution >= 0.6 is 0 Å². The SMILES string of the molecule is O.[Fe+2].[O-2].[O-2].[O-2].[OH-].[Ta+5]. The Kier molecular flexibility index (Phi) is 11800. The fourth-order valence-electron chi connectivity index (χ4n) is 0. The van der Waals surface area contributed by atoms with Crippen molar-refractivity contribution in [3.8, 4) is 0 Å². The van der Waals surface area contributed by atoms with Gasteiger partial charge in [0.25, 0.3) is 0 Å². The predicted molar refractivity (Wildman–Crippen MR) is 7.61 cm³/mol. The quantitative estimate of drug-likeness (QED) is 0.498. The Hall–Kier alpha value is 1.06. The normalized spacial score (nSPS) is 0. The number of hydrogen-bond acceptors (Lipinski definition) is 1. The monoisotopic (exact) mass is 320 g/mol. The van der Waals surface area contributed by atoms with Crippen LogP contribution in [0.2, 0.25) is 0 Å². The van der Waals surface area contributed by atoms with E-state index in [1.807, 2.05) is 0 Å². The molecule has 46 valence electrons. The molecule has 0 amide bonds. The molecule has 0 atom stereocenters. The van der Waals surface area contributed by atoms with Crippen LogP contribution in [-0.4, -0.2) is 11.0 Å². The third kappa shape index (κ3) is 161. The third-order valence-electron chi connectivity index (χ3n) is 0. The van der Waals surface area contributed by atoms with Crippen molar-refractivity contribution in [1.29, 1.82) is 0 Å². The topological polar surface area (TPSA) is 147 Å². The molecule has 0 aliphatic carbocycles. The zero-order valence-electron chi connectivity index (χ0n) is 2.97. The van der Waals surface area contributed by atoms with Gasteiger partial charge in [-0.2, -0.15) is 0 Å². The van der Waals surface area contributed by atoms with E-state index < -0.39 is 0 Å².